The molecule has 1 N–H and O–H groups in total. The zero-order valence-electron chi connectivity index (χ0n) is 10.8. The van der Waals surface area contributed by atoms with Gasteiger partial charge in [0.1, 0.15) is 6.04 Å². The van der Waals surface area contributed by atoms with E-state index < -0.39 is 12.0 Å². The van der Waals surface area contributed by atoms with Gasteiger partial charge in [-0.2, -0.15) is 0 Å². The maximum absolute atomic E-state index is 12.3. The fraction of sp³-hybridized carbons (Fsp3) is 0.833. The number of thioether (sulfide) groups is 1. The fourth-order valence-electron chi connectivity index (χ4n) is 2.45. The third-order valence-electron chi connectivity index (χ3n) is 4.02. The maximum atomic E-state index is 12.3. The maximum Gasteiger partial charge on any atom is 0.327 e. The van der Waals surface area contributed by atoms with Gasteiger partial charge in [0.05, 0.1) is 5.88 Å². The lowest BCUT2D eigenvalue weighted by Crippen LogP contribution is -2.52. The Labute approximate surface area is 112 Å². The molecule has 0 aromatic heterocycles. The molecule has 0 radical (unpaired) electrons. The van der Waals surface area contributed by atoms with E-state index in [1.54, 1.807) is 0 Å². The summed E-state index contributed by atoms with van der Waals surface area (Å²) in [6, 6.07) is -0.761. The lowest BCUT2D eigenvalue weighted by molar-refractivity contribution is -0.141. The van der Waals surface area contributed by atoms with E-state index in [0.717, 1.165) is 19.5 Å². The minimum atomic E-state index is -0.897. The van der Waals surface area contributed by atoms with Crippen molar-refractivity contribution >= 4 is 23.8 Å². The summed E-state index contributed by atoms with van der Waals surface area (Å²) in [6.45, 7) is 5.85. The highest BCUT2D eigenvalue weighted by Gasteiger charge is 2.38. The molecule has 0 aliphatic carbocycles. The summed E-state index contributed by atoms with van der Waals surface area (Å²) in [4.78, 5) is 26.7. The third-order valence-corrected chi connectivity index (χ3v) is 5.03. The van der Waals surface area contributed by atoms with E-state index >= 15 is 0 Å². The first-order chi connectivity index (χ1) is 8.50. The van der Waals surface area contributed by atoms with Gasteiger partial charge in [0.15, 0.2) is 0 Å². The topological polar surface area (TPSA) is 60.9 Å². The highest BCUT2D eigenvalue weighted by atomic mass is 32.2. The van der Waals surface area contributed by atoms with Crippen LogP contribution in [0.15, 0.2) is 0 Å². The number of amides is 2. The summed E-state index contributed by atoms with van der Waals surface area (Å²) in [5.74, 6) is 1.22. The van der Waals surface area contributed by atoms with E-state index in [-0.39, 0.29) is 6.03 Å². The summed E-state index contributed by atoms with van der Waals surface area (Å²) < 4.78 is 0. The van der Waals surface area contributed by atoms with Gasteiger partial charge in [0.25, 0.3) is 0 Å². The zero-order valence-corrected chi connectivity index (χ0v) is 11.7. The molecule has 2 saturated heterocycles. The van der Waals surface area contributed by atoms with Crippen LogP contribution in [0.3, 0.4) is 0 Å². The molecule has 0 aromatic carbocycles. The minimum absolute atomic E-state index is 0.105. The molecule has 102 valence electrons. The molecule has 0 aromatic rings. The Morgan fingerprint density at radius 3 is 2.61 bits per heavy atom. The molecular formula is C12H20N2O3S. The Morgan fingerprint density at radius 1 is 1.28 bits per heavy atom. The van der Waals surface area contributed by atoms with Crippen LogP contribution >= 0.6 is 11.8 Å². The van der Waals surface area contributed by atoms with Crippen LogP contribution in [0.4, 0.5) is 4.79 Å². The molecule has 18 heavy (non-hydrogen) atoms. The fourth-order valence-corrected chi connectivity index (χ4v) is 3.59. The van der Waals surface area contributed by atoms with Crippen LogP contribution < -0.4 is 0 Å². The average Bonchev–Trinajstić information content (AvgIpc) is 2.81. The molecule has 0 bridgehead atoms. The average molecular weight is 272 g/mol. The first-order valence-electron chi connectivity index (χ1n) is 6.36. The van der Waals surface area contributed by atoms with Gasteiger partial charge in [-0.1, -0.05) is 13.8 Å². The number of aliphatic carboxylic acids is 1. The van der Waals surface area contributed by atoms with E-state index in [1.165, 1.54) is 16.7 Å². The first-order valence-corrected chi connectivity index (χ1v) is 7.52. The number of rotatable bonds is 1. The van der Waals surface area contributed by atoms with Crippen LogP contribution in [0.5, 0.6) is 0 Å². The van der Waals surface area contributed by atoms with E-state index in [0.29, 0.717) is 23.5 Å². The van der Waals surface area contributed by atoms with Crippen molar-refractivity contribution in [3.8, 4) is 0 Å². The SMILES string of the molecule is CC1CCN(C(=O)N2CSC[C@H]2C(=O)O)CC1C. The molecule has 2 heterocycles. The molecule has 2 amide bonds. The molecule has 2 fully saturated rings. The van der Waals surface area contributed by atoms with Crippen molar-refractivity contribution in [2.45, 2.75) is 26.3 Å². The number of nitrogens with zero attached hydrogens (tertiary/aromatic N) is 2. The number of piperidine rings is 1. The Morgan fingerprint density at radius 2 is 2.00 bits per heavy atom. The molecule has 0 saturated carbocycles. The molecule has 6 heteroatoms. The number of urea groups is 1. The van der Waals surface area contributed by atoms with Crippen LogP contribution in [-0.2, 0) is 4.79 Å². The second kappa shape index (κ2) is 5.38. The molecular weight excluding hydrogens is 252 g/mol. The van der Waals surface area contributed by atoms with Crippen molar-refractivity contribution in [1.29, 1.82) is 0 Å². The summed E-state index contributed by atoms with van der Waals surface area (Å²) in [6.07, 6.45) is 1.01. The Kier molecular flexibility index (Phi) is 4.04. The summed E-state index contributed by atoms with van der Waals surface area (Å²) in [5.41, 5.74) is 0. The molecule has 2 unspecified atom stereocenters. The lowest BCUT2D eigenvalue weighted by Gasteiger charge is -2.37. The van der Waals surface area contributed by atoms with Gasteiger partial charge in [-0.05, 0) is 18.3 Å². The number of hydrogen-bond acceptors (Lipinski definition) is 3. The number of carbonyl (C=O) groups excluding carboxylic acids is 1. The van der Waals surface area contributed by atoms with Crippen LogP contribution in [0.2, 0.25) is 0 Å². The van der Waals surface area contributed by atoms with Crippen LogP contribution in [0.25, 0.3) is 0 Å². The number of carbonyl (C=O) groups is 2. The van der Waals surface area contributed by atoms with Crippen molar-refractivity contribution in [2.75, 3.05) is 24.7 Å². The minimum Gasteiger partial charge on any atom is -0.480 e. The largest absolute Gasteiger partial charge is 0.480 e. The van der Waals surface area contributed by atoms with Gasteiger partial charge in [-0.15, -0.1) is 11.8 Å². The van der Waals surface area contributed by atoms with Crippen LogP contribution in [-0.4, -0.2) is 57.7 Å². The second-order valence-electron chi connectivity index (χ2n) is 5.30. The third kappa shape index (κ3) is 2.58. The number of hydrogen-bond donors (Lipinski definition) is 1. The van der Waals surface area contributed by atoms with Gasteiger partial charge in [0.2, 0.25) is 0 Å². The van der Waals surface area contributed by atoms with Gasteiger partial charge in [0, 0.05) is 18.8 Å². The predicted octanol–water partition coefficient (Wildman–Crippen LogP) is 1.54. The monoisotopic (exact) mass is 272 g/mol. The first kappa shape index (κ1) is 13.5. The molecule has 2 aliphatic rings. The van der Waals surface area contributed by atoms with E-state index in [4.69, 9.17) is 5.11 Å². The summed E-state index contributed by atoms with van der Waals surface area (Å²) >= 11 is 1.51. The van der Waals surface area contributed by atoms with Gasteiger partial charge in [-0.25, -0.2) is 9.59 Å². The quantitative estimate of drug-likeness (QED) is 0.786. The van der Waals surface area contributed by atoms with Crippen molar-refractivity contribution < 1.29 is 14.7 Å². The Hall–Kier alpha value is -0.910. The molecule has 3 atom stereocenters. The highest BCUT2D eigenvalue weighted by molar-refractivity contribution is 7.99. The van der Waals surface area contributed by atoms with Crippen molar-refractivity contribution in [3.05, 3.63) is 0 Å². The van der Waals surface area contributed by atoms with E-state index in [9.17, 15) is 9.59 Å². The molecule has 5 nitrogen and oxygen atoms in total. The zero-order chi connectivity index (χ0) is 13.3. The molecule has 0 spiro atoms. The summed E-state index contributed by atoms with van der Waals surface area (Å²) in [7, 11) is 0. The van der Waals surface area contributed by atoms with Gasteiger partial charge in [-0.3, -0.25) is 0 Å². The second-order valence-corrected chi connectivity index (χ2v) is 6.30. The Bertz CT molecular complexity index is 350. The van der Waals surface area contributed by atoms with Crippen molar-refractivity contribution in [1.82, 2.24) is 9.80 Å². The normalized spacial score (nSPS) is 32.7. The number of carboxylic acid groups (broad SMARTS) is 1. The predicted molar refractivity (Wildman–Crippen MR) is 70.5 cm³/mol. The lowest BCUT2D eigenvalue weighted by atomic mass is 9.89. The number of likely N-dealkylation sites (tertiary alicyclic amines) is 1. The van der Waals surface area contributed by atoms with Crippen LogP contribution in [0.1, 0.15) is 20.3 Å². The van der Waals surface area contributed by atoms with Gasteiger partial charge >= 0.3 is 12.0 Å². The van der Waals surface area contributed by atoms with Crippen LogP contribution in [0, 0.1) is 11.8 Å². The van der Waals surface area contributed by atoms with E-state index in [1.807, 2.05) is 4.90 Å². The molecule has 2 rings (SSSR count). The number of carboxylic acids is 1. The van der Waals surface area contributed by atoms with E-state index in [2.05, 4.69) is 13.8 Å². The smallest absolute Gasteiger partial charge is 0.327 e. The van der Waals surface area contributed by atoms with Crippen molar-refractivity contribution in [3.63, 3.8) is 0 Å². The highest BCUT2D eigenvalue weighted by Crippen LogP contribution is 2.27. The molecule has 2 aliphatic heterocycles. The van der Waals surface area contributed by atoms with Crippen molar-refractivity contribution in [2.24, 2.45) is 11.8 Å². The standard InChI is InChI=1S/C12H20N2O3S/c1-8-3-4-13(5-9(8)2)12(17)14-7-18-6-10(14)11(15)16/h8-10H,3-7H2,1-2H3,(H,15,16)/t8?,9?,10-/m0/s1. The summed E-state index contributed by atoms with van der Waals surface area (Å²) in [5, 5.41) is 9.10. The Balaban J connectivity index is 2.01. The van der Waals surface area contributed by atoms with Gasteiger partial charge < -0.3 is 14.9 Å².